The number of benzene rings is 1. The van der Waals surface area contributed by atoms with Crippen LogP contribution in [-0.4, -0.2) is 35.4 Å². The van der Waals surface area contributed by atoms with Crippen molar-refractivity contribution in [2.24, 2.45) is 7.05 Å². The lowest BCUT2D eigenvalue weighted by Gasteiger charge is -2.07. The van der Waals surface area contributed by atoms with E-state index in [1.165, 1.54) is 18.2 Å². The Hall–Kier alpha value is -2.31. The molecule has 8 heteroatoms. The number of Topliss-reactive ketones (excluding diaryl/α,β-unsaturated/α-hetero) is 1. The molecule has 0 fully saturated rings. The maximum absolute atomic E-state index is 12.2. The van der Waals surface area contributed by atoms with E-state index < -0.39 is 11.9 Å². The number of hydrogen-bond donors (Lipinski definition) is 1. The zero-order valence-electron chi connectivity index (χ0n) is 14.6. The summed E-state index contributed by atoms with van der Waals surface area (Å²) in [7, 11) is 1.85. The number of ether oxygens (including phenoxy) is 1. The Morgan fingerprint density at radius 2 is 1.81 bits per heavy atom. The van der Waals surface area contributed by atoms with Gasteiger partial charge in [0, 0.05) is 29.6 Å². The van der Waals surface area contributed by atoms with Crippen LogP contribution in [0, 0.1) is 13.8 Å². The molecule has 0 saturated carbocycles. The van der Waals surface area contributed by atoms with Crippen molar-refractivity contribution in [1.82, 2.24) is 9.88 Å². The van der Waals surface area contributed by atoms with E-state index in [1.54, 1.807) is 6.07 Å². The van der Waals surface area contributed by atoms with Gasteiger partial charge in [0.05, 0.1) is 10.0 Å². The molecule has 1 aromatic heterocycles. The predicted octanol–water partition coefficient (Wildman–Crippen LogP) is 3.10. The number of carbonyl (C=O) groups excluding carboxylic acids is 3. The number of nitrogens with zero attached hydrogens (tertiary/aromatic N) is 1. The van der Waals surface area contributed by atoms with Gasteiger partial charge in [-0.2, -0.15) is 0 Å². The van der Waals surface area contributed by atoms with Gasteiger partial charge in [-0.05, 0) is 38.1 Å². The number of amides is 1. The molecule has 138 valence electrons. The van der Waals surface area contributed by atoms with Crippen molar-refractivity contribution in [3.63, 3.8) is 0 Å². The molecule has 0 bridgehead atoms. The van der Waals surface area contributed by atoms with Gasteiger partial charge in [0.1, 0.15) is 6.54 Å². The average molecular weight is 397 g/mol. The molecule has 1 N–H and O–H groups in total. The third-order valence-corrected chi connectivity index (χ3v) is 4.75. The molecular weight excluding hydrogens is 379 g/mol. The van der Waals surface area contributed by atoms with Crippen molar-refractivity contribution in [2.75, 3.05) is 13.2 Å². The van der Waals surface area contributed by atoms with Crippen LogP contribution in [0.2, 0.25) is 10.0 Å². The molecule has 0 aliphatic carbocycles. The number of nitrogens with one attached hydrogen (secondary N) is 1. The van der Waals surface area contributed by atoms with Crippen LogP contribution in [0.15, 0.2) is 24.3 Å². The van der Waals surface area contributed by atoms with Crippen LogP contribution < -0.4 is 5.32 Å². The topological polar surface area (TPSA) is 77.4 Å². The molecule has 6 nitrogen and oxygen atoms in total. The first-order valence-corrected chi connectivity index (χ1v) is 8.51. The fraction of sp³-hybridized carbons (Fsp3) is 0.278. The average Bonchev–Trinajstić information content (AvgIpc) is 2.87. The molecule has 0 radical (unpaired) electrons. The Labute approximate surface area is 161 Å². The second kappa shape index (κ2) is 8.38. The zero-order valence-corrected chi connectivity index (χ0v) is 16.1. The fourth-order valence-corrected chi connectivity index (χ4v) is 2.60. The van der Waals surface area contributed by atoms with E-state index >= 15 is 0 Å². The van der Waals surface area contributed by atoms with Crippen LogP contribution in [0.5, 0.6) is 0 Å². The van der Waals surface area contributed by atoms with E-state index in [0.717, 1.165) is 11.4 Å². The van der Waals surface area contributed by atoms with Gasteiger partial charge < -0.3 is 14.6 Å². The van der Waals surface area contributed by atoms with E-state index in [0.29, 0.717) is 10.6 Å². The monoisotopic (exact) mass is 396 g/mol. The molecule has 0 unspecified atom stereocenters. The second-order valence-corrected chi connectivity index (χ2v) is 6.55. The third kappa shape index (κ3) is 4.65. The van der Waals surface area contributed by atoms with Gasteiger partial charge in [0.15, 0.2) is 6.61 Å². The first kappa shape index (κ1) is 20.0. The number of aryl methyl sites for hydroxylation is 1. The highest BCUT2D eigenvalue weighted by molar-refractivity contribution is 6.42. The van der Waals surface area contributed by atoms with Crippen LogP contribution in [-0.2, 0) is 16.6 Å². The molecule has 2 aromatic rings. The molecule has 0 saturated heterocycles. The van der Waals surface area contributed by atoms with Gasteiger partial charge in [0.2, 0.25) is 5.78 Å². The fourth-order valence-electron chi connectivity index (χ4n) is 2.30. The lowest BCUT2D eigenvalue weighted by molar-refractivity contribution is -0.141. The summed E-state index contributed by atoms with van der Waals surface area (Å²) >= 11 is 11.6. The highest BCUT2D eigenvalue weighted by atomic mass is 35.5. The van der Waals surface area contributed by atoms with E-state index in [-0.39, 0.29) is 29.5 Å². The largest absolute Gasteiger partial charge is 0.456 e. The van der Waals surface area contributed by atoms with E-state index in [2.05, 4.69) is 5.32 Å². The minimum atomic E-state index is -0.711. The zero-order chi connectivity index (χ0) is 19.4. The van der Waals surface area contributed by atoms with Crippen molar-refractivity contribution in [3.8, 4) is 0 Å². The Morgan fingerprint density at radius 1 is 1.12 bits per heavy atom. The third-order valence-electron chi connectivity index (χ3n) is 4.01. The molecule has 26 heavy (non-hydrogen) atoms. The van der Waals surface area contributed by atoms with Crippen LogP contribution in [0.25, 0.3) is 0 Å². The number of hydrogen-bond acceptors (Lipinski definition) is 4. The van der Waals surface area contributed by atoms with E-state index in [4.69, 9.17) is 27.9 Å². The summed E-state index contributed by atoms with van der Waals surface area (Å²) in [4.78, 5) is 35.9. The molecular formula is C18H18Cl2N2O4. The number of esters is 1. The molecule has 0 aliphatic rings. The Morgan fingerprint density at radius 3 is 2.38 bits per heavy atom. The van der Waals surface area contributed by atoms with Gasteiger partial charge in [-0.1, -0.05) is 23.2 Å². The first-order chi connectivity index (χ1) is 12.2. The summed E-state index contributed by atoms with van der Waals surface area (Å²) < 4.78 is 6.81. The molecule has 0 spiro atoms. The smallest absolute Gasteiger partial charge is 0.325 e. The van der Waals surface area contributed by atoms with E-state index in [9.17, 15) is 14.4 Å². The number of carbonyl (C=O) groups is 3. The Kier molecular flexibility index (Phi) is 6.45. The standard InChI is InChI=1S/C18H18Cl2N2O4/c1-10-6-13(11(2)22(10)3)16(23)9-26-17(24)8-21-18(25)12-4-5-14(19)15(20)7-12/h4-7H,8-9H2,1-3H3,(H,21,25). The maximum atomic E-state index is 12.2. The lowest BCUT2D eigenvalue weighted by atomic mass is 10.1. The van der Waals surface area contributed by atoms with Crippen LogP contribution in [0.3, 0.4) is 0 Å². The van der Waals surface area contributed by atoms with Crippen molar-refractivity contribution in [3.05, 3.63) is 56.8 Å². The summed E-state index contributed by atoms with van der Waals surface area (Å²) in [5.74, 6) is -1.51. The summed E-state index contributed by atoms with van der Waals surface area (Å²) in [5.41, 5.74) is 2.51. The summed E-state index contributed by atoms with van der Waals surface area (Å²) in [6.07, 6.45) is 0. The highest BCUT2D eigenvalue weighted by Gasteiger charge is 2.16. The first-order valence-electron chi connectivity index (χ1n) is 7.75. The minimum Gasteiger partial charge on any atom is -0.456 e. The van der Waals surface area contributed by atoms with Crippen molar-refractivity contribution in [2.45, 2.75) is 13.8 Å². The summed E-state index contributed by atoms with van der Waals surface area (Å²) in [6, 6.07) is 6.12. The molecule has 1 heterocycles. The lowest BCUT2D eigenvalue weighted by Crippen LogP contribution is -2.31. The predicted molar refractivity (Wildman–Crippen MR) is 99.0 cm³/mol. The van der Waals surface area contributed by atoms with Crippen LogP contribution in [0.1, 0.15) is 32.1 Å². The second-order valence-electron chi connectivity index (χ2n) is 5.74. The normalized spacial score (nSPS) is 10.5. The molecule has 0 atom stereocenters. The number of aromatic nitrogens is 1. The number of ketones is 1. The SMILES string of the molecule is Cc1cc(C(=O)COC(=O)CNC(=O)c2ccc(Cl)c(Cl)c2)c(C)n1C. The molecule has 0 aliphatic heterocycles. The van der Waals surface area contributed by atoms with Gasteiger partial charge in [0.25, 0.3) is 5.91 Å². The van der Waals surface area contributed by atoms with Crippen molar-refractivity contribution >= 4 is 40.9 Å². The van der Waals surface area contributed by atoms with Gasteiger partial charge in [-0.25, -0.2) is 0 Å². The summed E-state index contributed by atoms with van der Waals surface area (Å²) in [6.45, 7) is 2.96. The minimum absolute atomic E-state index is 0.237. The molecule has 1 amide bonds. The molecule has 1 aromatic carbocycles. The van der Waals surface area contributed by atoms with Gasteiger partial charge in [-0.3, -0.25) is 14.4 Å². The highest BCUT2D eigenvalue weighted by Crippen LogP contribution is 2.22. The van der Waals surface area contributed by atoms with Crippen LogP contribution in [0.4, 0.5) is 0 Å². The number of rotatable bonds is 6. The maximum Gasteiger partial charge on any atom is 0.325 e. The van der Waals surface area contributed by atoms with Crippen LogP contribution >= 0.6 is 23.2 Å². The van der Waals surface area contributed by atoms with E-state index in [1.807, 2.05) is 25.5 Å². The quantitative estimate of drug-likeness (QED) is 0.600. The van der Waals surface area contributed by atoms with Gasteiger partial charge >= 0.3 is 5.97 Å². The van der Waals surface area contributed by atoms with Crippen molar-refractivity contribution in [1.29, 1.82) is 0 Å². The Balaban J connectivity index is 1.85. The summed E-state index contributed by atoms with van der Waals surface area (Å²) in [5, 5.41) is 2.97. The van der Waals surface area contributed by atoms with Gasteiger partial charge in [-0.15, -0.1) is 0 Å². The van der Waals surface area contributed by atoms with Crippen molar-refractivity contribution < 1.29 is 19.1 Å². The number of halogens is 2. The Bertz CT molecular complexity index is 874. The molecule has 2 rings (SSSR count).